The summed E-state index contributed by atoms with van der Waals surface area (Å²) in [4.78, 5) is 120. The summed E-state index contributed by atoms with van der Waals surface area (Å²) >= 11 is 0. The Morgan fingerprint density at radius 3 is 0.602 bits per heavy atom. The minimum absolute atomic E-state index is 0.178. The molecule has 758 valence electrons. The Morgan fingerprint density at radius 2 is 0.438 bits per heavy atom. The van der Waals surface area contributed by atoms with Gasteiger partial charge in [0.05, 0.1) is 67.7 Å². The van der Waals surface area contributed by atoms with E-state index in [0.717, 1.165) is 48.8 Å². The van der Waals surface area contributed by atoms with Gasteiger partial charge in [-0.15, -0.1) is 0 Å². The first-order chi connectivity index (χ1) is 56.3. The Kier molecular flexibility index (Phi) is 47.7. The van der Waals surface area contributed by atoms with Crippen LogP contribution in [0.25, 0.3) is 0 Å². The SMILES string of the molecule is CCC(C)(C)C(=O)OC(C)(OCC(F)(F)S(=O)(=O)[O-])C(=O)OC.CCC(C)(C)C(=O)OC(C)(OCC(F)(F)S(=O)(=O)[O-])C(=O)OC(C)(C)C.CCC(C)(C)C(=O)OC(C)(OCCC(F)(F)C(F)(F)S(=O)(=O)[O-])C(=O)OC.CCOC(=O)C(C)(OCC(F)(F)S(=O)(=O)[O-])OC(=O)C(C)(C)CC.CCOC(=O)C(C)(OCCC(F)(F)C(F)(F)S(=O)(=O)[O-])OC(=O)C(C)(C)CC. The number of halogens is 14. The summed E-state index contributed by atoms with van der Waals surface area (Å²) < 4.78 is 413. The predicted molar refractivity (Wildman–Crippen MR) is 398 cm³/mol. The van der Waals surface area contributed by atoms with E-state index in [0.29, 0.717) is 19.3 Å². The van der Waals surface area contributed by atoms with Crippen LogP contribution in [-0.2, 0) is 170 Å². The van der Waals surface area contributed by atoms with Crippen molar-refractivity contribution in [2.75, 3.05) is 60.5 Å². The molecule has 0 aliphatic carbocycles. The normalized spacial score (nSPS) is 15.7. The van der Waals surface area contributed by atoms with Gasteiger partial charge in [-0.2, -0.15) is 61.5 Å². The van der Waals surface area contributed by atoms with Crippen LogP contribution in [0.15, 0.2) is 0 Å². The minimum Gasteiger partial charge on any atom is -0.743 e. The van der Waals surface area contributed by atoms with Crippen LogP contribution in [0.4, 0.5) is 61.5 Å². The van der Waals surface area contributed by atoms with Crippen molar-refractivity contribution in [2.24, 2.45) is 27.1 Å². The van der Waals surface area contributed by atoms with Crippen LogP contribution in [0.1, 0.15) is 218 Å². The van der Waals surface area contributed by atoms with Crippen molar-refractivity contribution in [3.05, 3.63) is 0 Å². The van der Waals surface area contributed by atoms with Gasteiger partial charge in [-0.3, -0.25) is 24.0 Å². The zero-order valence-corrected chi connectivity index (χ0v) is 78.6. The molecule has 59 heteroatoms. The summed E-state index contributed by atoms with van der Waals surface area (Å²) in [7, 11) is -29.7. The number of alkyl halides is 14. The van der Waals surface area contributed by atoms with Crippen molar-refractivity contribution >= 4 is 110 Å². The molecule has 40 nitrogen and oxygen atoms in total. The van der Waals surface area contributed by atoms with E-state index in [1.54, 1.807) is 34.6 Å². The minimum atomic E-state index is -6.66. The highest BCUT2D eigenvalue weighted by Gasteiger charge is 2.63. The molecule has 128 heavy (non-hydrogen) atoms. The fourth-order valence-corrected chi connectivity index (χ4v) is 8.04. The van der Waals surface area contributed by atoms with Crippen LogP contribution >= 0.6 is 0 Å². The van der Waals surface area contributed by atoms with E-state index in [4.69, 9.17) is 37.9 Å². The lowest BCUT2D eigenvalue weighted by molar-refractivity contribution is -0.256. The van der Waals surface area contributed by atoms with Crippen LogP contribution in [-0.4, -0.2) is 258 Å². The summed E-state index contributed by atoms with van der Waals surface area (Å²) in [6.45, 7) is 25.3. The Labute approximate surface area is 730 Å². The fraction of sp³-hybridized carbons (Fsp3) is 0.855. The van der Waals surface area contributed by atoms with Crippen molar-refractivity contribution in [2.45, 2.75) is 291 Å². The number of rotatable bonds is 46. The van der Waals surface area contributed by atoms with Crippen molar-refractivity contribution in [1.82, 2.24) is 0 Å². The molecule has 5 atom stereocenters. The molecule has 0 fully saturated rings. The van der Waals surface area contributed by atoms with E-state index in [1.807, 2.05) is 0 Å². The Morgan fingerprint density at radius 1 is 0.258 bits per heavy atom. The number of carbonyl (C=O) groups excluding carboxylic acids is 10. The largest absolute Gasteiger partial charge is 0.743 e. The summed E-state index contributed by atoms with van der Waals surface area (Å²) in [5, 5.41) is -26.2. The molecule has 0 aromatic rings. The first-order valence-corrected chi connectivity index (χ1v) is 43.9. The fourth-order valence-electron chi connectivity index (χ4n) is 6.50. The van der Waals surface area contributed by atoms with Crippen LogP contribution in [0.2, 0.25) is 0 Å². The second-order valence-corrected chi connectivity index (χ2v) is 38.8. The maximum atomic E-state index is 13.5. The summed E-state index contributed by atoms with van der Waals surface area (Å²) in [5.74, 6) is -35.0. The Hall–Kier alpha value is -6.93. The van der Waals surface area contributed by atoms with Gasteiger partial charge in [0.25, 0.3) is 0 Å². The quantitative estimate of drug-likeness (QED) is 0.0180. The molecule has 0 bridgehead atoms. The highest BCUT2D eigenvalue weighted by molar-refractivity contribution is 7.87. The third kappa shape index (κ3) is 38.3. The maximum absolute atomic E-state index is 13.5. The topological polar surface area (TPSA) is 595 Å². The number of methoxy groups -OCH3 is 2. The summed E-state index contributed by atoms with van der Waals surface area (Å²) in [5.41, 5.74) is -6.48. The van der Waals surface area contributed by atoms with Gasteiger partial charge in [-0.1, -0.05) is 34.6 Å². The van der Waals surface area contributed by atoms with Crippen molar-refractivity contribution in [3.8, 4) is 0 Å². The molecule has 0 heterocycles. The predicted octanol–water partition coefficient (Wildman–Crippen LogP) is 9.05. The van der Waals surface area contributed by atoms with Crippen LogP contribution in [0.5, 0.6) is 0 Å². The molecule has 5 unspecified atom stereocenters. The molecule has 0 spiro atoms. The number of hydrogen-bond acceptors (Lipinski definition) is 40. The van der Waals surface area contributed by atoms with Gasteiger partial charge in [0.15, 0.2) is 50.6 Å². The lowest BCUT2D eigenvalue weighted by atomic mass is 9.90. The molecule has 0 aromatic carbocycles. The van der Waals surface area contributed by atoms with Crippen molar-refractivity contribution < 1.29 is 245 Å². The van der Waals surface area contributed by atoms with Crippen LogP contribution < -0.4 is 0 Å². The van der Waals surface area contributed by atoms with Gasteiger partial charge in [-0.05, 0) is 136 Å². The van der Waals surface area contributed by atoms with Gasteiger partial charge in [-0.25, -0.2) is 66.1 Å². The average molecular weight is 2000 g/mol. The van der Waals surface area contributed by atoms with Gasteiger partial charge in [0, 0.05) is 47.5 Å². The Balaban J connectivity index is -0.000000493. The third-order valence-electron chi connectivity index (χ3n) is 17.5. The van der Waals surface area contributed by atoms with Gasteiger partial charge < -0.3 is 93.8 Å². The number of carbonyl (C=O) groups is 10. The second-order valence-electron chi connectivity index (χ2n) is 31.5. The highest BCUT2D eigenvalue weighted by atomic mass is 32.2. The van der Waals surface area contributed by atoms with Crippen molar-refractivity contribution in [3.63, 3.8) is 0 Å². The van der Waals surface area contributed by atoms with E-state index >= 15 is 0 Å². The molecule has 0 aliphatic heterocycles. The molecule has 0 N–H and O–H groups in total. The molecule has 0 saturated carbocycles. The van der Waals surface area contributed by atoms with E-state index in [1.165, 1.54) is 104 Å². The zero-order chi connectivity index (χ0) is 104. The average Bonchev–Trinajstić information content (AvgIpc) is 0.776. The Bertz CT molecular complexity index is 4370. The lowest BCUT2D eigenvalue weighted by Crippen LogP contribution is -2.51. The zero-order valence-electron chi connectivity index (χ0n) is 74.6. The standard InChI is InChI=1S/C15H24F4O8S.C15H26F2O8S.C14H22F4O8S.C13H22F2O8S.C12H20F2O8S/c1-6-12(3,4)10(20)27-13(5,11(21)25-7-2)26-9-8-14(16,17)15(18,19)28(22,23)24;1-8-13(5,6)10(18)25-14(7,11(19)24-12(2,3)4)23-9-15(16,17)26(20,21)22;1-6-11(2,3)9(19)26-12(4,10(20)24-5)25-8-7-13(15,16)14(17,18)27(21,22)23;1-6-11(3,4)9(16)23-12(5,10(17)21-7-2)22-8-13(14,15)24(18,19)20;1-6-10(2,3)8(15)22-11(4,9(16)20-5)21-7-12(13,14)23(17,18)19/h6-9H2,1-5H3,(H,22,23,24);8-9H2,1-7H3,(H,20,21,22);6-8H2,1-5H3,(H,21,22,23);6-8H2,1-5H3,(H,18,19,20);6-7H2,1-5H3,(H,17,18,19)/p-5. The third-order valence-corrected chi connectivity index (χ3v) is 21.9. The number of ether oxygens (including phenoxy) is 15. The van der Waals surface area contributed by atoms with E-state index in [9.17, 15) is 174 Å². The number of esters is 10. The van der Waals surface area contributed by atoms with E-state index < -0.39 is 256 Å². The summed E-state index contributed by atoms with van der Waals surface area (Å²) in [6.07, 6.45) is -2.47. The van der Waals surface area contributed by atoms with Gasteiger partial charge >= 0.3 is 127 Å². The first kappa shape index (κ1) is 130. The van der Waals surface area contributed by atoms with E-state index in [2.05, 4.69) is 33.2 Å². The van der Waals surface area contributed by atoms with Crippen LogP contribution in [0.3, 0.4) is 0 Å². The van der Waals surface area contributed by atoms with E-state index in [-0.39, 0.29) is 26.1 Å². The molecule has 0 radical (unpaired) electrons. The highest BCUT2D eigenvalue weighted by Crippen LogP contribution is 2.44. The lowest BCUT2D eigenvalue weighted by Gasteiger charge is -2.34. The van der Waals surface area contributed by atoms with Crippen molar-refractivity contribution in [1.29, 1.82) is 0 Å². The molecule has 0 amide bonds. The molecule has 0 rings (SSSR count). The monoisotopic (exact) mass is 2000 g/mol. The molecule has 0 saturated heterocycles. The smallest absolute Gasteiger partial charge is 0.396 e. The van der Waals surface area contributed by atoms with Gasteiger partial charge in [0.1, 0.15) is 25.4 Å². The molecular weight excluding hydrogens is 1900 g/mol. The van der Waals surface area contributed by atoms with Gasteiger partial charge in [0.2, 0.25) is 0 Å². The molecule has 0 aliphatic rings. The molecule has 0 aromatic heterocycles. The van der Waals surface area contributed by atoms with Crippen LogP contribution in [0, 0.1) is 27.1 Å². The first-order valence-electron chi connectivity index (χ1n) is 36.8. The summed E-state index contributed by atoms with van der Waals surface area (Å²) in [6, 6.07) is 0. The second kappa shape index (κ2) is 47.1. The maximum Gasteiger partial charge on any atom is 0.396 e. The molecular formula is C69H109F14O40S5-5. The number of hydrogen-bond donors (Lipinski definition) is 0.